The van der Waals surface area contributed by atoms with Crippen LogP contribution in [-0.4, -0.2) is 23.3 Å². The van der Waals surface area contributed by atoms with E-state index >= 15 is 0 Å². The molecule has 0 bridgehead atoms. The van der Waals surface area contributed by atoms with Gasteiger partial charge in [0.05, 0.1) is 5.69 Å². The molecule has 1 aromatic heterocycles. The number of aryl methyl sites for hydroxylation is 2. The molecule has 1 heterocycles. The number of thiazole rings is 1. The number of nitrogens with zero attached hydrogens (tertiary/aromatic N) is 1. The number of hydrogen-bond donors (Lipinski definition) is 0. The summed E-state index contributed by atoms with van der Waals surface area (Å²) in [6.07, 6.45) is -0.305. The molecule has 0 spiro atoms. The molecule has 0 saturated heterocycles. The third-order valence-electron chi connectivity index (χ3n) is 2.90. The van der Waals surface area contributed by atoms with E-state index in [4.69, 9.17) is 16.3 Å². The first-order chi connectivity index (χ1) is 10.4. The van der Waals surface area contributed by atoms with Gasteiger partial charge in [0.2, 0.25) is 5.78 Å². The van der Waals surface area contributed by atoms with Crippen molar-refractivity contribution >= 4 is 34.7 Å². The fourth-order valence-corrected chi connectivity index (χ4v) is 2.72. The van der Waals surface area contributed by atoms with E-state index in [1.807, 2.05) is 13.8 Å². The number of carbonyl (C=O) groups is 2. The van der Waals surface area contributed by atoms with Gasteiger partial charge in [0.25, 0.3) is 0 Å². The molecule has 0 amide bonds. The summed E-state index contributed by atoms with van der Waals surface area (Å²) in [5.74, 6) is -0.980. The fraction of sp³-hybridized carbons (Fsp3) is 0.267. The number of halogens is 1. The quantitative estimate of drug-likeness (QED) is 0.752. The summed E-state index contributed by atoms with van der Waals surface area (Å²) in [5.41, 5.74) is 2.05. The van der Waals surface area contributed by atoms with Crippen LogP contribution in [-0.2, 0) is 11.2 Å². The fourth-order valence-electron chi connectivity index (χ4n) is 1.86. The molecule has 7 heteroatoms. The molecule has 0 aliphatic rings. The molecule has 0 unspecified atom stereocenters. The van der Waals surface area contributed by atoms with E-state index in [9.17, 15) is 14.7 Å². The molecule has 2 rings (SSSR count). The lowest BCUT2D eigenvalue weighted by Crippen LogP contribution is -2.24. The minimum Gasteiger partial charge on any atom is -0.550 e. The number of ether oxygens (including phenoxy) is 1. The molecule has 1 aromatic carbocycles. The number of carboxylic acids is 1. The molecule has 0 aliphatic heterocycles. The van der Waals surface area contributed by atoms with E-state index in [-0.39, 0.29) is 23.8 Å². The summed E-state index contributed by atoms with van der Waals surface area (Å²) in [5, 5.41) is 12.9. The van der Waals surface area contributed by atoms with Crippen LogP contribution in [0.15, 0.2) is 17.5 Å². The first-order valence-corrected chi connectivity index (χ1v) is 7.69. The first-order valence-electron chi connectivity index (χ1n) is 6.44. The average Bonchev–Trinajstić information content (AvgIpc) is 2.89. The summed E-state index contributed by atoms with van der Waals surface area (Å²) in [4.78, 5) is 26.4. The Bertz CT molecular complexity index is 703. The summed E-state index contributed by atoms with van der Waals surface area (Å²) in [6.45, 7) is 3.55. The van der Waals surface area contributed by atoms with Crippen LogP contribution in [0.4, 0.5) is 0 Å². The Morgan fingerprint density at radius 3 is 2.55 bits per heavy atom. The van der Waals surface area contributed by atoms with Gasteiger partial charge < -0.3 is 14.6 Å². The van der Waals surface area contributed by atoms with Crippen LogP contribution in [0.1, 0.15) is 26.6 Å². The summed E-state index contributed by atoms with van der Waals surface area (Å²) in [6, 6.07) is 3.51. The smallest absolute Gasteiger partial charge is 0.228 e. The molecule has 22 heavy (non-hydrogen) atoms. The van der Waals surface area contributed by atoms with Crippen molar-refractivity contribution in [3.8, 4) is 5.75 Å². The topological polar surface area (TPSA) is 79.3 Å². The molecule has 2 aromatic rings. The summed E-state index contributed by atoms with van der Waals surface area (Å²) in [7, 11) is 0. The van der Waals surface area contributed by atoms with Crippen LogP contribution < -0.4 is 9.84 Å². The third-order valence-corrected chi connectivity index (χ3v) is 4.42. The predicted molar refractivity (Wildman–Crippen MR) is 81.6 cm³/mol. The Balaban J connectivity index is 2.01. The maximum Gasteiger partial charge on any atom is 0.228 e. The van der Waals surface area contributed by atoms with Crippen molar-refractivity contribution < 1.29 is 19.4 Å². The van der Waals surface area contributed by atoms with Crippen LogP contribution >= 0.6 is 22.9 Å². The van der Waals surface area contributed by atoms with E-state index in [1.54, 1.807) is 12.1 Å². The summed E-state index contributed by atoms with van der Waals surface area (Å²) >= 11 is 7.16. The van der Waals surface area contributed by atoms with E-state index < -0.39 is 5.97 Å². The highest BCUT2D eigenvalue weighted by atomic mass is 35.5. The zero-order valence-electron chi connectivity index (χ0n) is 12.0. The normalized spacial score (nSPS) is 10.5. The zero-order chi connectivity index (χ0) is 16.3. The molecule has 0 atom stereocenters. The van der Waals surface area contributed by atoms with Crippen molar-refractivity contribution in [2.45, 2.75) is 20.3 Å². The van der Waals surface area contributed by atoms with Gasteiger partial charge >= 0.3 is 0 Å². The maximum atomic E-state index is 12.0. The number of Topliss-reactive ketones (excluding diaryl/α,β-unsaturated/α-hetero) is 1. The van der Waals surface area contributed by atoms with E-state index in [1.165, 1.54) is 5.38 Å². The van der Waals surface area contributed by atoms with Crippen molar-refractivity contribution in [2.75, 3.05) is 6.61 Å². The van der Waals surface area contributed by atoms with Crippen molar-refractivity contribution in [3.63, 3.8) is 0 Å². The molecular formula is C15H13ClNO4S-. The van der Waals surface area contributed by atoms with Crippen LogP contribution in [0.2, 0.25) is 5.02 Å². The zero-order valence-corrected chi connectivity index (χ0v) is 13.6. The van der Waals surface area contributed by atoms with Gasteiger partial charge in [-0.15, -0.1) is 11.3 Å². The SMILES string of the molecule is Cc1cc(OCC(=O)c2nc(CC(=O)[O-])cs2)cc(C)c1Cl. The van der Waals surface area contributed by atoms with Crippen molar-refractivity contribution in [1.82, 2.24) is 4.98 Å². The second kappa shape index (κ2) is 6.89. The maximum absolute atomic E-state index is 12.0. The largest absolute Gasteiger partial charge is 0.550 e. The van der Waals surface area contributed by atoms with Crippen LogP contribution in [0.25, 0.3) is 0 Å². The van der Waals surface area contributed by atoms with Crippen LogP contribution in [0, 0.1) is 13.8 Å². The van der Waals surface area contributed by atoms with Gasteiger partial charge in [0.1, 0.15) is 5.75 Å². The summed E-state index contributed by atoms with van der Waals surface area (Å²) < 4.78 is 5.46. The Morgan fingerprint density at radius 1 is 1.32 bits per heavy atom. The molecule has 5 nitrogen and oxygen atoms in total. The van der Waals surface area contributed by atoms with E-state index in [2.05, 4.69) is 4.98 Å². The second-order valence-corrected chi connectivity index (χ2v) is 6.01. The van der Waals surface area contributed by atoms with Crippen molar-refractivity contribution in [2.24, 2.45) is 0 Å². The Hall–Kier alpha value is -1.92. The number of carbonyl (C=O) groups excluding carboxylic acids is 2. The van der Waals surface area contributed by atoms with Crippen molar-refractivity contribution in [3.05, 3.63) is 44.4 Å². The van der Waals surface area contributed by atoms with Gasteiger partial charge in [-0.3, -0.25) is 4.79 Å². The number of aliphatic carboxylic acids is 1. The van der Waals surface area contributed by atoms with Crippen LogP contribution in [0.3, 0.4) is 0 Å². The highest BCUT2D eigenvalue weighted by Crippen LogP contribution is 2.26. The number of benzene rings is 1. The average molecular weight is 339 g/mol. The third kappa shape index (κ3) is 4.05. The van der Waals surface area contributed by atoms with Gasteiger partial charge in [-0.2, -0.15) is 0 Å². The predicted octanol–water partition coefficient (Wildman–Crippen LogP) is 1.97. The standard InChI is InChI=1S/C15H14ClNO4S/c1-8-3-11(4-9(2)14(8)16)21-6-12(18)15-17-10(7-22-15)5-13(19)20/h3-4,7H,5-6H2,1-2H3,(H,19,20)/p-1. The van der Waals surface area contributed by atoms with E-state index in [0.29, 0.717) is 16.5 Å². The minimum atomic E-state index is -1.23. The molecule has 0 N–H and O–H groups in total. The van der Waals surface area contributed by atoms with Gasteiger partial charge in [-0.1, -0.05) is 11.6 Å². The first kappa shape index (κ1) is 16.5. The number of rotatable bonds is 6. The second-order valence-electron chi connectivity index (χ2n) is 4.78. The molecule has 116 valence electrons. The molecule has 0 fully saturated rings. The molecule has 0 radical (unpaired) electrons. The van der Waals surface area contributed by atoms with Gasteiger partial charge in [0, 0.05) is 22.8 Å². The van der Waals surface area contributed by atoms with Crippen LogP contribution in [0.5, 0.6) is 5.75 Å². The molecular weight excluding hydrogens is 326 g/mol. The minimum absolute atomic E-state index is 0.168. The highest BCUT2D eigenvalue weighted by molar-refractivity contribution is 7.11. The number of aromatic nitrogens is 1. The Kier molecular flexibility index (Phi) is 5.15. The van der Waals surface area contributed by atoms with Gasteiger partial charge in [-0.05, 0) is 37.1 Å². The van der Waals surface area contributed by atoms with Gasteiger partial charge in [0.15, 0.2) is 11.6 Å². The lowest BCUT2D eigenvalue weighted by Gasteiger charge is -2.08. The highest BCUT2D eigenvalue weighted by Gasteiger charge is 2.13. The Morgan fingerprint density at radius 2 is 1.95 bits per heavy atom. The number of hydrogen-bond acceptors (Lipinski definition) is 6. The molecule has 0 aliphatic carbocycles. The lowest BCUT2D eigenvalue weighted by atomic mass is 10.1. The lowest BCUT2D eigenvalue weighted by molar-refractivity contribution is -0.304. The molecule has 0 saturated carbocycles. The number of carboxylic acid groups (broad SMARTS) is 1. The van der Waals surface area contributed by atoms with Crippen molar-refractivity contribution in [1.29, 1.82) is 0 Å². The van der Waals surface area contributed by atoms with E-state index in [0.717, 1.165) is 22.5 Å². The number of ketones is 1. The Labute approximate surface area is 136 Å². The monoisotopic (exact) mass is 338 g/mol. The van der Waals surface area contributed by atoms with Gasteiger partial charge in [-0.25, -0.2) is 4.98 Å².